The standard InChI is InChI=1S/C26H34N2O5/c1-4-24(26(30)27-20-9-5-6-10-20)28(17-19-8-7-11-23(16-19)32-3)25(29)18-33-22-14-12-21(31-2)13-15-22/h7-8,11-16,20,24H,4-6,9-10,17-18H2,1-3H3,(H,27,30)/t24-/m0/s1. The van der Waals surface area contributed by atoms with Gasteiger partial charge in [0.25, 0.3) is 5.91 Å². The second-order valence-corrected chi connectivity index (χ2v) is 8.25. The minimum Gasteiger partial charge on any atom is -0.497 e. The Morgan fingerprint density at radius 2 is 1.67 bits per heavy atom. The Balaban J connectivity index is 1.75. The van der Waals surface area contributed by atoms with Crippen molar-refractivity contribution < 1.29 is 23.8 Å². The molecule has 0 saturated heterocycles. The zero-order valence-corrected chi connectivity index (χ0v) is 19.7. The van der Waals surface area contributed by atoms with Gasteiger partial charge in [-0.05, 0) is 61.2 Å². The number of hydrogen-bond acceptors (Lipinski definition) is 5. The van der Waals surface area contributed by atoms with Crippen molar-refractivity contribution in [3.63, 3.8) is 0 Å². The average Bonchev–Trinajstić information content (AvgIpc) is 3.35. The smallest absolute Gasteiger partial charge is 0.261 e. The van der Waals surface area contributed by atoms with E-state index in [2.05, 4.69) is 5.32 Å². The summed E-state index contributed by atoms with van der Waals surface area (Å²) in [6, 6.07) is 14.2. The van der Waals surface area contributed by atoms with Crippen molar-refractivity contribution >= 4 is 11.8 Å². The number of nitrogens with one attached hydrogen (secondary N) is 1. The Labute approximate surface area is 196 Å². The number of benzene rings is 2. The molecule has 33 heavy (non-hydrogen) atoms. The van der Waals surface area contributed by atoms with Crippen molar-refractivity contribution in [3.05, 3.63) is 54.1 Å². The highest BCUT2D eigenvalue weighted by molar-refractivity contribution is 5.88. The fraction of sp³-hybridized carbons (Fsp3) is 0.462. The Morgan fingerprint density at radius 3 is 2.30 bits per heavy atom. The van der Waals surface area contributed by atoms with Crippen LogP contribution < -0.4 is 19.5 Å². The minimum absolute atomic E-state index is 0.106. The molecule has 7 heteroatoms. The first kappa shape index (κ1) is 24.4. The molecular weight excluding hydrogens is 420 g/mol. The normalized spacial score (nSPS) is 14.4. The van der Waals surface area contributed by atoms with Crippen molar-refractivity contribution in [2.75, 3.05) is 20.8 Å². The molecule has 1 aliphatic carbocycles. The number of methoxy groups -OCH3 is 2. The number of hydrogen-bond donors (Lipinski definition) is 1. The molecule has 1 aliphatic rings. The lowest BCUT2D eigenvalue weighted by Gasteiger charge is -2.31. The van der Waals surface area contributed by atoms with Crippen LogP contribution in [0.5, 0.6) is 17.2 Å². The van der Waals surface area contributed by atoms with Gasteiger partial charge in [0.05, 0.1) is 14.2 Å². The fourth-order valence-electron chi connectivity index (χ4n) is 4.15. The van der Waals surface area contributed by atoms with Gasteiger partial charge in [-0.25, -0.2) is 0 Å². The first-order chi connectivity index (χ1) is 16.0. The van der Waals surface area contributed by atoms with Crippen LogP contribution in [0.4, 0.5) is 0 Å². The average molecular weight is 455 g/mol. The second-order valence-electron chi connectivity index (χ2n) is 8.25. The van der Waals surface area contributed by atoms with E-state index in [1.165, 1.54) is 0 Å². The van der Waals surface area contributed by atoms with Gasteiger partial charge in [0, 0.05) is 12.6 Å². The van der Waals surface area contributed by atoms with Crippen LogP contribution in [0.1, 0.15) is 44.6 Å². The third-order valence-electron chi connectivity index (χ3n) is 6.00. The SMILES string of the molecule is CC[C@@H](C(=O)NC1CCCC1)N(Cc1cccc(OC)c1)C(=O)COc1ccc(OC)cc1. The highest BCUT2D eigenvalue weighted by Gasteiger charge is 2.31. The molecule has 2 aromatic carbocycles. The van der Waals surface area contributed by atoms with Crippen LogP contribution in [-0.2, 0) is 16.1 Å². The predicted octanol–water partition coefficient (Wildman–Crippen LogP) is 3.95. The van der Waals surface area contributed by atoms with Crippen LogP contribution >= 0.6 is 0 Å². The van der Waals surface area contributed by atoms with Gasteiger partial charge >= 0.3 is 0 Å². The molecule has 1 atom stereocenters. The summed E-state index contributed by atoms with van der Waals surface area (Å²) in [7, 11) is 3.20. The highest BCUT2D eigenvalue weighted by atomic mass is 16.5. The van der Waals surface area contributed by atoms with E-state index in [0.29, 0.717) is 30.2 Å². The van der Waals surface area contributed by atoms with Crippen molar-refractivity contribution in [2.45, 2.75) is 57.7 Å². The lowest BCUT2D eigenvalue weighted by atomic mass is 10.1. The van der Waals surface area contributed by atoms with E-state index < -0.39 is 6.04 Å². The number of rotatable bonds is 11. The first-order valence-electron chi connectivity index (χ1n) is 11.5. The summed E-state index contributed by atoms with van der Waals surface area (Å²) < 4.78 is 16.2. The molecule has 7 nitrogen and oxygen atoms in total. The van der Waals surface area contributed by atoms with Crippen LogP contribution in [0.3, 0.4) is 0 Å². The van der Waals surface area contributed by atoms with Gasteiger partial charge in [0.2, 0.25) is 5.91 Å². The largest absolute Gasteiger partial charge is 0.497 e. The van der Waals surface area contributed by atoms with Gasteiger partial charge in [-0.2, -0.15) is 0 Å². The molecule has 0 aliphatic heterocycles. The molecule has 3 rings (SSSR count). The minimum atomic E-state index is -0.580. The van der Waals surface area contributed by atoms with Crippen LogP contribution in [0.15, 0.2) is 48.5 Å². The van der Waals surface area contributed by atoms with E-state index in [1.807, 2.05) is 31.2 Å². The van der Waals surface area contributed by atoms with E-state index >= 15 is 0 Å². The van der Waals surface area contributed by atoms with Gasteiger partial charge in [-0.1, -0.05) is 31.9 Å². The van der Waals surface area contributed by atoms with Crippen molar-refractivity contribution in [2.24, 2.45) is 0 Å². The molecule has 0 bridgehead atoms. The molecule has 1 fully saturated rings. The molecule has 0 unspecified atom stereocenters. The molecule has 1 saturated carbocycles. The van der Waals surface area contributed by atoms with Crippen molar-refractivity contribution in [1.29, 1.82) is 0 Å². The maximum Gasteiger partial charge on any atom is 0.261 e. The fourth-order valence-corrected chi connectivity index (χ4v) is 4.15. The monoisotopic (exact) mass is 454 g/mol. The summed E-state index contributed by atoms with van der Waals surface area (Å²) in [5.41, 5.74) is 0.888. The van der Waals surface area contributed by atoms with Crippen LogP contribution in [-0.4, -0.2) is 49.6 Å². The van der Waals surface area contributed by atoms with E-state index in [-0.39, 0.29) is 24.5 Å². The highest BCUT2D eigenvalue weighted by Crippen LogP contribution is 2.21. The lowest BCUT2D eigenvalue weighted by Crippen LogP contribution is -2.52. The van der Waals surface area contributed by atoms with Gasteiger partial charge in [0.15, 0.2) is 6.61 Å². The summed E-state index contributed by atoms with van der Waals surface area (Å²) >= 11 is 0. The van der Waals surface area contributed by atoms with E-state index in [0.717, 1.165) is 31.2 Å². The Morgan fingerprint density at radius 1 is 1.00 bits per heavy atom. The van der Waals surface area contributed by atoms with E-state index in [1.54, 1.807) is 43.4 Å². The third-order valence-corrected chi connectivity index (χ3v) is 6.00. The molecular formula is C26H34N2O5. The van der Waals surface area contributed by atoms with Crippen molar-refractivity contribution in [3.8, 4) is 17.2 Å². The quantitative estimate of drug-likeness (QED) is 0.556. The second kappa shape index (κ2) is 12.1. The zero-order chi connectivity index (χ0) is 23.6. The summed E-state index contributed by atoms with van der Waals surface area (Å²) in [4.78, 5) is 28.1. The number of carbonyl (C=O) groups is 2. The molecule has 178 valence electrons. The Hall–Kier alpha value is -3.22. The van der Waals surface area contributed by atoms with Crippen LogP contribution in [0.2, 0.25) is 0 Å². The van der Waals surface area contributed by atoms with Gasteiger partial charge < -0.3 is 24.4 Å². The maximum atomic E-state index is 13.3. The van der Waals surface area contributed by atoms with Crippen LogP contribution in [0.25, 0.3) is 0 Å². The Kier molecular flexibility index (Phi) is 8.98. The molecule has 1 N–H and O–H groups in total. The molecule has 0 radical (unpaired) electrons. The molecule has 0 aromatic heterocycles. The first-order valence-corrected chi connectivity index (χ1v) is 11.5. The summed E-state index contributed by atoms with van der Waals surface area (Å²) in [6.07, 6.45) is 4.75. The molecule has 0 spiro atoms. The number of ether oxygens (including phenoxy) is 3. The predicted molar refractivity (Wildman–Crippen MR) is 127 cm³/mol. The molecule has 2 aromatic rings. The van der Waals surface area contributed by atoms with Crippen LogP contribution in [0, 0.1) is 0 Å². The number of amides is 2. The Bertz CT molecular complexity index is 909. The van der Waals surface area contributed by atoms with Gasteiger partial charge in [0.1, 0.15) is 23.3 Å². The van der Waals surface area contributed by atoms with Gasteiger partial charge in [-0.15, -0.1) is 0 Å². The molecule has 2 amide bonds. The zero-order valence-electron chi connectivity index (χ0n) is 19.7. The van der Waals surface area contributed by atoms with E-state index in [9.17, 15) is 9.59 Å². The van der Waals surface area contributed by atoms with Gasteiger partial charge in [-0.3, -0.25) is 9.59 Å². The number of carbonyl (C=O) groups excluding carboxylic acids is 2. The molecule has 0 heterocycles. The number of nitrogens with zero attached hydrogens (tertiary/aromatic N) is 1. The summed E-state index contributed by atoms with van der Waals surface area (Å²) in [5.74, 6) is 1.63. The lowest BCUT2D eigenvalue weighted by molar-refractivity contribution is -0.143. The third kappa shape index (κ3) is 6.88. The summed E-state index contributed by atoms with van der Waals surface area (Å²) in [6.45, 7) is 2.05. The summed E-state index contributed by atoms with van der Waals surface area (Å²) in [5, 5.41) is 3.15. The maximum absolute atomic E-state index is 13.3. The van der Waals surface area contributed by atoms with E-state index in [4.69, 9.17) is 14.2 Å². The van der Waals surface area contributed by atoms with Crippen molar-refractivity contribution in [1.82, 2.24) is 10.2 Å². The topological polar surface area (TPSA) is 77.1 Å².